The van der Waals surface area contributed by atoms with Crippen LogP contribution >= 0.6 is 23.2 Å². The first-order valence-electron chi connectivity index (χ1n) is 10.4. The number of anilines is 6. The molecule has 0 fully saturated rings. The minimum absolute atomic E-state index is 0. The van der Waals surface area contributed by atoms with Crippen LogP contribution in [0.5, 0.6) is 0 Å². The van der Waals surface area contributed by atoms with Crippen LogP contribution < -0.4 is 73.5 Å². The number of nitrogens with two attached hydrogens (primary N) is 2. The van der Waals surface area contributed by atoms with Gasteiger partial charge in [0.15, 0.2) is 0 Å². The summed E-state index contributed by atoms with van der Waals surface area (Å²) in [5, 5.41) is 4.90. The molecule has 208 valence electrons. The van der Waals surface area contributed by atoms with Crippen molar-refractivity contribution >= 4 is 90.8 Å². The zero-order valence-corrected chi connectivity index (χ0v) is 26.8. The Morgan fingerprint density at radius 3 is 1.54 bits per heavy atom. The number of nitrogens with one attached hydrogen (secondary N) is 2. The van der Waals surface area contributed by atoms with Crippen LogP contribution in [-0.4, -0.2) is 55.8 Å². The van der Waals surface area contributed by atoms with Crippen molar-refractivity contribution < 1.29 is 77.3 Å². The van der Waals surface area contributed by atoms with Gasteiger partial charge in [0, 0.05) is 11.4 Å². The van der Waals surface area contributed by atoms with E-state index in [0.717, 1.165) is 12.1 Å². The number of hydrogen-bond donors (Lipinski definition) is 5. The molecule has 0 aliphatic carbocycles. The fourth-order valence-corrected chi connectivity index (χ4v) is 4.96. The van der Waals surface area contributed by atoms with E-state index in [1.54, 1.807) is 0 Å². The SMILES string of the molecule is Nc1nc(Cl)nc(Nc2ccc(/C=C/c3ccc(Nc4nc(N)nc(Cl)n4)cc3S(=O)(=O)O)c(S(=O)(=O)[O-])c2)n1.[K+]. The minimum Gasteiger partial charge on any atom is -0.744 e. The molecule has 7 N–H and O–H groups in total. The van der Waals surface area contributed by atoms with Crippen molar-refractivity contribution in [3.63, 3.8) is 0 Å². The average molecular weight is 666 g/mol. The molecule has 2 heterocycles. The smallest absolute Gasteiger partial charge is 0.744 e. The van der Waals surface area contributed by atoms with Gasteiger partial charge in [0.05, 0.1) is 4.90 Å². The Hall–Kier alpha value is -2.56. The molecular formula is C20H15Cl2KN10O6S2. The first-order valence-corrected chi connectivity index (χ1v) is 14.1. The van der Waals surface area contributed by atoms with Crippen molar-refractivity contribution in [2.45, 2.75) is 9.79 Å². The molecule has 0 saturated carbocycles. The van der Waals surface area contributed by atoms with Gasteiger partial charge in [0.1, 0.15) is 15.0 Å². The molecule has 2 aromatic carbocycles. The average Bonchev–Trinajstić information content (AvgIpc) is 2.81. The van der Waals surface area contributed by atoms with Gasteiger partial charge in [-0.1, -0.05) is 24.3 Å². The van der Waals surface area contributed by atoms with Crippen molar-refractivity contribution in [1.29, 1.82) is 0 Å². The third-order valence-electron chi connectivity index (χ3n) is 4.78. The Balaban J connectivity index is 0.00000462. The number of halogens is 2. The Kier molecular flexibility index (Phi) is 10.6. The van der Waals surface area contributed by atoms with E-state index >= 15 is 0 Å². The van der Waals surface area contributed by atoms with Gasteiger partial charge in [0.2, 0.25) is 34.4 Å². The van der Waals surface area contributed by atoms with Crippen LogP contribution in [0, 0.1) is 0 Å². The molecule has 0 atom stereocenters. The molecular weight excluding hydrogens is 650 g/mol. The number of rotatable bonds is 8. The van der Waals surface area contributed by atoms with Crippen molar-refractivity contribution in [2.75, 3.05) is 22.1 Å². The van der Waals surface area contributed by atoms with Crippen LogP contribution in [0.25, 0.3) is 12.2 Å². The molecule has 4 rings (SSSR count). The maximum Gasteiger partial charge on any atom is 1.00 e. The third kappa shape index (κ3) is 8.96. The predicted molar refractivity (Wildman–Crippen MR) is 145 cm³/mol. The first-order chi connectivity index (χ1) is 18.7. The molecule has 2 aromatic heterocycles. The fraction of sp³-hybridized carbons (Fsp3) is 0. The molecule has 0 bridgehead atoms. The Labute approximate surface area is 285 Å². The molecule has 4 aromatic rings. The summed E-state index contributed by atoms with van der Waals surface area (Å²) >= 11 is 11.5. The number of nitrogen functional groups attached to an aromatic ring is 2. The normalized spacial score (nSPS) is 11.7. The Bertz CT molecular complexity index is 1710. The van der Waals surface area contributed by atoms with Gasteiger partial charge in [-0.2, -0.15) is 38.3 Å². The third-order valence-corrected chi connectivity index (χ3v) is 6.92. The maximum atomic E-state index is 12.1. The van der Waals surface area contributed by atoms with Crippen molar-refractivity contribution in [1.82, 2.24) is 29.9 Å². The van der Waals surface area contributed by atoms with E-state index in [2.05, 4.69) is 40.5 Å². The number of aromatic nitrogens is 6. The zero-order valence-electron chi connectivity index (χ0n) is 20.5. The van der Waals surface area contributed by atoms with E-state index in [9.17, 15) is 25.9 Å². The van der Waals surface area contributed by atoms with E-state index in [1.165, 1.54) is 36.4 Å². The van der Waals surface area contributed by atoms with Crippen LogP contribution in [0.3, 0.4) is 0 Å². The van der Waals surface area contributed by atoms with Gasteiger partial charge in [0.25, 0.3) is 10.1 Å². The van der Waals surface area contributed by atoms with E-state index in [4.69, 9.17) is 34.7 Å². The van der Waals surface area contributed by atoms with Gasteiger partial charge in [-0.05, 0) is 58.6 Å². The van der Waals surface area contributed by atoms with Gasteiger partial charge in [-0.15, -0.1) is 0 Å². The fourth-order valence-electron chi connectivity index (χ4n) is 3.22. The van der Waals surface area contributed by atoms with E-state index < -0.39 is 30.0 Å². The molecule has 0 radical (unpaired) electrons. The van der Waals surface area contributed by atoms with Gasteiger partial charge in [-0.25, -0.2) is 8.42 Å². The first kappa shape index (κ1) is 32.9. The molecule has 0 aliphatic rings. The maximum absolute atomic E-state index is 12.1. The number of hydrogen-bond acceptors (Lipinski definition) is 15. The quantitative estimate of drug-likeness (QED) is 0.0888. The van der Waals surface area contributed by atoms with E-state index in [1.807, 2.05) is 0 Å². The van der Waals surface area contributed by atoms with E-state index in [-0.39, 0.29) is 108 Å². The van der Waals surface area contributed by atoms with Crippen molar-refractivity contribution in [3.8, 4) is 0 Å². The van der Waals surface area contributed by atoms with Gasteiger partial charge < -0.3 is 26.7 Å². The summed E-state index contributed by atoms with van der Waals surface area (Å²) in [5.41, 5.74) is 11.1. The largest absolute Gasteiger partial charge is 1.00 e. The Morgan fingerprint density at radius 2 is 1.15 bits per heavy atom. The second-order valence-corrected chi connectivity index (χ2v) is 11.0. The van der Waals surface area contributed by atoms with Crippen LogP contribution in [0.1, 0.15) is 11.1 Å². The molecule has 16 nitrogen and oxygen atoms in total. The molecule has 21 heteroatoms. The number of nitrogens with zero attached hydrogens (tertiary/aromatic N) is 6. The summed E-state index contributed by atoms with van der Waals surface area (Å²) in [6.45, 7) is 0. The molecule has 0 unspecified atom stereocenters. The van der Waals surface area contributed by atoms with Gasteiger partial charge in [-0.3, -0.25) is 4.55 Å². The Morgan fingerprint density at radius 1 is 0.732 bits per heavy atom. The summed E-state index contributed by atoms with van der Waals surface area (Å²) in [6.07, 6.45) is 2.37. The van der Waals surface area contributed by atoms with Crippen LogP contribution in [0.4, 0.5) is 35.2 Å². The van der Waals surface area contributed by atoms with Crippen molar-refractivity contribution in [3.05, 3.63) is 58.1 Å². The summed E-state index contributed by atoms with van der Waals surface area (Å²) in [4.78, 5) is 21.2. The summed E-state index contributed by atoms with van der Waals surface area (Å²) in [6, 6.07) is 7.44. The molecule has 0 spiro atoms. The standard InChI is InChI=1S/C20H16Cl2N10O6S2.K/c21-15-27-17(23)31-19(29-15)25-11-5-3-9(13(7-11)39(33,34)35)1-2-10-4-6-12(8-14(10)40(36,37)38)26-20-30-16(22)28-18(24)32-20;/h1-8H,(H,33,34,35)(H,36,37,38)(H3,23,25,27,29,31)(H3,24,26,28,30,32);/q;+1/p-1/b2-1+;. The molecule has 0 saturated heterocycles. The van der Waals surface area contributed by atoms with Crippen molar-refractivity contribution in [2.24, 2.45) is 0 Å². The second-order valence-electron chi connectivity index (χ2n) is 7.59. The second kappa shape index (κ2) is 13.2. The summed E-state index contributed by atoms with van der Waals surface area (Å²) in [7, 11) is -9.80. The monoisotopic (exact) mass is 664 g/mol. The zero-order chi connectivity index (χ0) is 29.2. The van der Waals surface area contributed by atoms with E-state index in [0.29, 0.717) is 0 Å². The molecule has 0 aliphatic heterocycles. The summed E-state index contributed by atoms with van der Waals surface area (Å²) in [5.74, 6) is -0.591. The van der Waals surface area contributed by atoms with Gasteiger partial charge >= 0.3 is 51.4 Å². The van der Waals surface area contributed by atoms with Crippen LogP contribution in [-0.2, 0) is 20.2 Å². The number of benzene rings is 2. The topological polar surface area (TPSA) is 265 Å². The molecule has 0 amide bonds. The molecule has 41 heavy (non-hydrogen) atoms. The predicted octanol–water partition coefficient (Wildman–Crippen LogP) is -0.660. The minimum atomic E-state index is -5.02. The van der Waals surface area contributed by atoms with Crippen LogP contribution in [0.2, 0.25) is 10.6 Å². The summed E-state index contributed by atoms with van der Waals surface area (Å²) < 4.78 is 69.9. The van der Waals surface area contributed by atoms with Crippen LogP contribution in [0.15, 0.2) is 46.2 Å².